The molecule has 2 aromatic carbocycles. The van der Waals surface area contributed by atoms with Crippen LogP contribution in [0.4, 0.5) is 0 Å². The zero-order valence-electron chi connectivity index (χ0n) is 11.6. The molecule has 0 saturated heterocycles. The van der Waals surface area contributed by atoms with E-state index in [1.54, 1.807) is 0 Å². The van der Waals surface area contributed by atoms with Crippen molar-refractivity contribution >= 4 is 0 Å². The molecule has 0 spiro atoms. The van der Waals surface area contributed by atoms with Crippen LogP contribution in [-0.2, 0) is 12.8 Å². The number of hydrogen-bond acceptors (Lipinski definition) is 1. The molecular formula is C18H20O. The van der Waals surface area contributed by atoms with Crippen LogP contribution < -0.4 is 0 Å². The van der Waals surface area contributed by atoms with Gasteiger partial charge in [0.05, 0.1) is 6.10 Å². The zero-order chi connectivity index (χ0) is 13.4. The Morgan fingerprint density at radius 2 is 1.58 bits per heavy atom. The normalized spacial score (nSPS) is 16.4. The van der Waals surface area contributed by atoms with Crippen LogP contribution in [0.2, 0.25) is 0 Å². The highest BCUT2D eigenvalue weighted by atomic mass is 16.3. The van der Waals surface area contributed by atoms with E-state index in [1.165, 1.54) is 22.3 Å². The maximum absolute atomic E-state index is 10.6. The number of hydrogen-bond donors (Lipinski definition) is 1. The van der Waals surface area contributed by atoms with Gasteiger partial charge in [0.15, 0.2) is 0 Å². The van der Waals surface area contributed by atoms with Crippen molar-refractivity contribution in [3.05, 3.63) is 70.3 Å². The molecule has 1 aliphatic rings. The largest absolute Gasteiger partial charge is 0.388 e. The summed E-state index contributed by atoms with van der Waals surface area (Å²) in [5.41, 5.74) is 6.39. The van der Waals surface area contributed by atoms with E-state index < -0.39 is 0 Å². The Balaban J connectivity index is 1.82. The topological polar surface area (TPSA) is 20.2 Å². The van der Waals surface area contributed by atoms with E-state index in [-0.39, 0.29) is 6.10 Å². The van der Waals surface area contributed by atoms with Crippen LogP contribution >= 0.6 is 0 Å². The molecule has 0 aromatic heterocycles. The Bertz CT molecular complexity index is 575. The van der Waals surface area contributed by atoms with Crippen molar-refractivity contribution < 1.29 is 5.11 Å². The first-order valence-corrected chi connectivity index (χ1v) is 6.97. The summed E-state index contributed by atoms with van der Waals surface area (Å²) in [5.74, 6) is 0.319. The fourth-order valence-electron chi connectivity index (χ4n) is 3.04. The lowest BCUT2D eigenvalue weighted by Gasteiger charge is -2.19. The van der Waals surface area contributed by atoms with Gasteiger partial charge in [-0.15, -0.1) is 0 Å². The van der Waals surface area contributed by atoms with Crippen LogP contribution in [-0.4, -0.2) is 5.11 Å². The van der Waals surface area contributed by atoms with Crippen molar-refractivity contribution in [3.63, 3.8) is 0 Å². The molecular weight excluding hydrogens is 232 g/mol. The summed E-state index contributed by atoms with van der Waals surface area (Å²) < 4.78 is 0. The molecule has 0 amide bonds. The van der Waals surface area contributed by atoms with E-state index in [1.807, 2.05) is 0 Å². The smallest absolute Gasteiger partial charge is 0.0824 e. The van der Waals surface area contributed by atoms with Crippen molar-refractivity contribution in [1.82, 2.24) is 0 Å². The summed E-state index contributed by atoms with van der Waals surface area (Å²) in [6, 6.07) is 14.8. The number of aliphatic hydroxyl groups excluding tert-OH is 1. The molecule has 0 fully saturated rings. The second-order valence-corrected chi connectivity index (χ2v) is 5.73. The Morgan fingerprint density at radius 3 is 2.16 bits per heavy atom. The molecule has 0 radical (unpaired) electrons. The summed E-state index contributed by atoms with van der Waals surface area (Å²) in [6.45, 7) is 4.21. The summed E-state index contributed by atoms with van der Waals surface area (Å²) >= 11 is 0. The molecule has 1 heteroatoms. The van der Waals surface area contributed by atoms with Crippen molar-refractivity contribution in [2.45, 2.75) is 32.8 Å². The van der Waals surface area contributed by atoms with Crippen molar-refractivity contribution in [2.75, 3.05) is 0 Å². The van der Waals surface area contributed by atoms with E-state index in [2.05, 4.69) is 56.3 Å². The molecule has 1 N–H and O–H groups in total. The fourth-order valence-corrected chi connectivity index (χ4v) is 3.04. The minimum atomic E-state index is -0.355. The number of benzene rings is 2. The Labute approximate surface area is 114 Å². The maximum atomic E-state index is 10.6. The monoisotopic (exact) mass is 252 g/mol. The average molecular weight is 252 g/mol. The molecule has 19 heavy (non-hydrogen) atoms. The summed E-state index contributed by atoms with van der Waals surface area (Å²) in [4.78, 5) is 0. The number of fused-ring (bicyclic) bond motifs is 1. The molecule has 98 valence electrons. The minimum absolute atomic E-state index is 0.319. The number of aryl methyl sites for hydroxylation is 2. The third-order valence-corrected chi connectivity index (χ3v) is 4.40. The second-order valence-electron chi connectivity index (χ2n) is 5.73. The van der Waals surface area contributed by atoms with Gasteiger partial charge < -0.3 is 5.11 Å². The van der Waals surface area contributed by atoms with Gasteiger partial charge in [0.2, 0.25) is 0 Å². The highest BCUT2D eigenvalue weighted by molar-refractivity contribution is 5.35. The molecule has 1 aliphatic carbocycles. The first-order chi connectivity index (χ1) is 9.15. The van der Waals surface area contributed by atoms with E-state index >= 15 is 0 Å². The third kappa shape index (κ3) is 2.31. The molecule has 0 bridgehead atoms. The molecule has 0 heterocycles. The van der Waals surface area contributed by atoms with E-state index in [0.717, 1.165) is 18.4 Å². The fraction of sp³-hybridized carbons (Fsp3) is 0.333. The summed E-state index contributed by atoms with van der Waals surface area (Å²) in [5, 5.41) is 10.6. The standard InChI is InChI=1S/C18H20O/c1-12-7-8-16(9-13(12)2)18(19)17-10-14-5-3-4-6-15(14)11-17/h3-9,17-19H,10-11H2,1-2H3. The first-order valence-electron chi connectivity index (χ1n) is 6.97. The van der Waals surface area contributed by atoms with Crippen LogP contribution in [0.3, 0.4) is 0 Å². The molecule has 1 unspecified atom stereocenters. The van der Waals surface area contributed by atoms with Crippen LogP contribution in [0.25, 0.3) is 0 Å². The number of aliphatic hydroxyl groups is 1. The second kappa shape index (κ2) is 4.82. The molecule has 3 rings (SSSR count). The minimum Gasteiger partial charge on any atom is -0.388 e. The van der Waals surface area contributed by atoms with Gasteiger partial charge >= 0.3 is 0 Å². The molecule has 0 aliphatic heterocycles. The summed E-state index contributed by atoms with van der Waals surface area (Å²) in [6.07, 6.45) is 1.63. The average Bonchev–Trinajstić information content (AvgIpc) is 2.85. The predicted octanol–water partition coefficient (Wildman–Crippen LogP) is 3.75. The predicted molar refractivity (Wildman–Crippen MR) is 78.2 cm³/mol. The Hall–Kier alpha value is -1.60. The van der Waals surface area contributed by atoms with Crippen molar-refractivity contribution in [2.24, 2.45) is 5.92 Å². The lowest BCUT2D eigenvalue weighted by atomic mass is 9.91. The van der Waals surface area contributed by atoms with Gasteiger partial charge in [-0.25, -0.2) is 0 Å². The lowest BCUT2D eigenvalue weighted by molar-refractivity contribution is 0.113. The van der Waals surface area contributed by atoms with Crippen LogP contribution in [0.1, 0.15) is 33.9 Å². The van der Waals surface area contributed by atoms with Crippen LogP contribution in [0.5, 0.6) is 0 Å². The Kier molecular flexibility index (Phi) is 3.16. The van der Waals surface area contributed by atoms with E-state index in [0.29, 0.717) is 5.92 Å². The third-order valence-electron chi connectivity index (χ3n) is 4.40. The SMILES string of the molecule is Cc1ccc(C(O)C2Cc3ccccc3C2)cc1C. The van der Waals surface area contributed by atoms with Gasteiger partial charge in [-0.1, -0.05) is 42.5 Å². The summed E-state index contributed by atoms with van der Waals surface area (Å²) in [7, 11) is 0. The van der Waals surface area contributed by atoms with E-state index in [4.69, 9.17) is 0 Å². The van der Waals surface area contributed by atoms with E-state index in [9.17, 15) is 5.11 Å². The van der Waals surface area contributed by atoms with Gasteiger partial charge in [0.1, 0.15) is 0 Å². The van der Waals surface area contributed by atoms with Gasteiger partial charge in [0, 0.05) is 0 Å². The number of rotatable bonds is 2. The molecule has 0 saturated carbocycles. The molecule has 1 atom stereocenters. The Morgan fingerprint density at radius 1 is 0.947 bits per heavy atom. The molecule has 2 aromatic rings. The van der Waals surface area contributed by atoms with Crippen LogP contribution in [0, 0.1) is 19.8 Å². The van der Waals surface area contributed by atoms with Gasteiger partial charge in [-0.2, -0.15) is 0 Å². The highest BCUT2D eigenvalue weighted by Crippen LogP contribution is 2.35. The van der Waals surface area contributed by atoms with Gasteiger partial charge in [0.25, 0.3) is 0 Å². The van der Waals surface area contributed by atoms with Crippen LogP contribution in [0.15, 0.2) is 42.5 Å². The zero-order valence-corrected chi connectivity index (χ0v) is 11.6. The van der Waals surface area contributed by atoms with Crippen molar-refractivity contribution in [3.8, 4) is 0 Å². The van der Waals surface area contributed by atoms with Gasteiger partial charge in [-0.05, 0) is 60.4 Å². The first kappa shape index (κ1) is 12.4. The highest BCUT2D eigenvalue weighted by Gasteiger charge is 2.28. The maximum Gasteiger partial charge on any atom is 0.0824 e. The molecule has 1 nitrogen and oxygen atoms in total. The quantitative estimate of drug-likeness (QED) is 0.863. The van der Waals surface area contributed by atoms with Gasteiger partial charge in [-0.3, -0.25) is 0 Å². The van der Waals surface area contributed by atoms with Crippen molar-refractivity contribution in [1.29, 1.82) is 0 Å². The lowest BCUT2D eigenvalue weighted by Crippen LogP contribution is -2.13.